The molecule has 0 aliphatic rings. The van der Waals surface area contributed by atoms with E-state index in [4.69, 9.17) is 0 Å². The van der Waals surface area contributed by atoms with Crippen molar-refractivity contribution in [2.45, 2.75) is 11.4 Å². The van der Waals surface area contributed by atoms with Crippen LogP contribution in [0.15, 0.2) is 76.1 Å². The summed E-state index contributed by atoms with van der Waals surface area (Å²) in [7, 11) is -3.83. The molecule has 29 heavy (non-hydrogen) atoms. The second-order valence-corrected chi connectivity index (χ2v) is 8.66. The highest BCUT2D eigenvalue weighted by Gasteiger charge is 2.15. The minimum atomic E-state index is -3.83. The minimum absolute atomic E-state index is 0.00504. The van der Waals surface area contributed by atoms with Gasteiger partial charge in [0.15, 0.2) is 0 Å². The summed E-state index contributed by atoms with van der Waals surface area (Å²) in [6.07, 6.45) is 0. The Morgan fingerprint density at radius 2 is 1.69 bits per heavy atom. The second-order valence-electron chi connectivity index (χ2n) is 6.06. The van der Waals surface area contributed by atoms with Gasteiger partial charge in [-0.3, -0.25) is 9.52 Å². The third-order valence-electron chi connectivity index (χ3n) is 3.95. The van der Waals surface area contributed by atoms with Crippen molar-refractivity contribution in [3.63, 3.8) is 0 Å². The first-order chi connectivity index (χ1) is 13.7. The molecule has 150 valence electrons. The van der Waals surface area contributed by atoms with Gasteiger partial charge in [-0.05, 0) is 60.7 Å². The standard InChI is InChI=1S/C20H15BrF2N2O3S/c21-15-4-7-18(8-5-15)29(27,28)25-17-3-1-2-13(11-17)20(26)24-12-14-10-16(22)6-9-19(14)23/h1-11,25H,12H2,(H,24,26). The van der Waals surface area contributed by atoms with Crippen LogP contribution in [-0.2, 0) is 16.6 Å². The maximum atomic E-state index is 13.7. The van der Waals surface area contributed by atoms with Crippen LogP contribution in [-0.4, -0.2) is 14.3 Å². The van der Waals surface area contributed by atoms with Gasteiger partial charge in [-0.2, -0.15) is 0 Å². The molecule has 5 nitrogen and oxygen atoms in total. The number of benzene rings is 3. The molecule has 0 unspecified atom stereocenters. The Kier molecular flexibility index (Phi) is 6.29. The van der Waals surface area contributed by atoms with E-state index in [1.54, 1.807) is 12.1 Å². The molecule has 0 atom stereocenters. The fraction of sp³-hybridized carbons (Fsp3) is 0.0500. The van der Waals surface area contributed by atoms with E-state index < -0.39 is 27.6 Å². The van der Waals surface area contributed by atoms with E-state index in [0.717, 1.165) is 22.7 Å². The van der Waals surface area contributed by atoms with Crippen molar-refractivity contribution in [1.82, 2.24) is 5.32 Å². The molecule has 0 aliphatic heterocycles. The van der Waals surface area contributed by atoms with Crippen LogP contribution in [0, 0.1) is 11.6 Å². The van der Waals surface area contributed by atoms with Gasteiger partial charge in [0.05, 0.1) is 4.90 Å². The van der Waals surface area contributed by atoms with E-state index in [-0.39, 0.29) is 28.3 Å². The van der Waals surface area contributed by atoms with Crippen LogP contribution in [0.1, 0.15) is 15.9 Å². The van der Waals surface area contributed by atoms with E-state index in [2.05, 4.69) is 26.0 Å². The van der Waals surface area contributed by atoms with Crippen LogP contribution in [0.3, 0.4) is 0 Å². The molecule has 3 rings (SSSR count). The van der Waals surface area contributed by atoms with Gasteiger partial charge >= 0.3 is 0 Å². The Morgan fingerprint density at radius 3 is 2.41 bits per heavy atom. The molecular weight excluding hydrogens is 466 g/mol. The van der Waals surface area contributed by atoms with Crippen LogP contribution in [0.25, 0.3) is 0 Å². The number of amides is 1. The van der Waals surface area contributed by atoms with Crippen LogP contribution in [0.2, 0.25) is 0 Å². The molecule has 0 aliphatic carbocycles. The molecule has 0 aromatic heterocycles. The summed E-state index contributed by atoms with van der Waals surface area (Å²) in [6, 6.07) is 14.9. The smallest absolute Gasteiger partial charge is 0.261 e. The Bertz CT molecular complexity index is 1150. The van der Waals surface area contributed by atoms with Crippen molar-refractivity contribution in [2.24, 2.45) is 0 Å². The van der Waals surface area contributed by atoms with Crippen molar-refractivity contribution in [1.29, 1.82) is 0 Å². The second kappa shape index (κ2) is 8.71. The van der Waals surface area contributed by atoms with Crippen LogP contribution >= 0.6 is 15.9 Å². The zero-order chi connectivity index (χ0) is 21.0. The van der Waals surface area contributed by atoms with Gasteiger partial charge in [0.1, 0.15) is 11.6 Å². The number of nitrogens with one attached hydrogen (secondary N) is 2. The Hall–Kier alpha value is -2.78. The van der Waals surface area contributed by atoms with Crippen molar-refractivity contribution in [3.05, 3.63) is 94.0 Å². The predicted molar refractivity (Wildman–Crippen MR) is 109 cm³/mol. The average Bonchev–Trinajstić information content (AvgIpc) is 2.68. The quantitative estimate of drug-likeness (QED) is 0.546. The molecular formula is C20H15BrF2N2O3S. The van der Waals surface area contributed by atoms with Crippen LogP contribution in [0.5, 0.6) is 0 Å². The van der Waals surface area contributed by atoms with Gasteiger partial charge in [0.25, 0.3) is 15.9 Å². The van der Waals surface area contributed by atoms with Gasteiger partial charge in [-0.25, -0.2) is 17.2 Å². The summed E-state index contributed by atoms with van der Waals surface area (Å²) in [5, 5.41) is 2.48. The fourth-order valence-corrected chi connectivity index (χ4v) is 3.82. The summed E-state index contributed by atoms with van der Waals surface area (Å²) >= 11 is 3.24. The van der Waals surface area contributed by atoms with E-state index in [1.807, 2.05) is 0 Å². The first-order valence-electron chi connectivity index (χ1n) is 8.35. The number of halogens is 3. The number of anilines is 1. The summed E-state index contributed by atoms with van der Waals surface area (Å²) in [5.41, 5.74) is 0.362. The summed E-state index contributed by atoms with van der Waals surface area (Å²) < 4.78 is 55.0. The third kappa shape index (κ3) is 5.39. The van der Waals surface area contributed by atoms with E-state index >= 15 is 0 Å². The molecule has 0 spiro atoms. The largest absolute Gasteiger partial charge is 0.348 e. The fourth-order valence-electron chi connectivity index (χ4n) is 2.51. The molecule has 0 fully saturated rings. The number of sulfonamides is 1. The SMILES string of the molecule is O=C(NCc1cc(F)ccc1F)c1cccc(NS(=O)(=O)c2ccc(Br)cc2)c1. The van der Waals surface area contributed by atoms with E-state index in [1.165, 1.54) is 36.4 Å². The Labute approximate surface area is 174 Å². The predicted octanol–water partition coefficient (Wildman–Crippen LogP) is 4.46. The maximum absolute atomic E-state index is 13.7. The lowest BCUT2D eigenvalue weighted by atomic mass is 10.1. The van der Waals surface area contributed by atoms with Crippen LogP contribution in [0.4, 0.5) is 14.5 Å². The van der Waals surface area contributed by atoms with Crippen LogP contribution < -0.4 is 10.0 Å². The Balaban J connectivity index is 1.72. The highest BCUT2D eigenvalue weighted by molar-refractivity contribution is 9.10. The monoisotopic (exact) mass is 480 g/mol. The van der Waals surface area contributed by atoms with E-state index in [9.17, 15) is 22.0 Å². The van der Waals surface area contributed by atoms with Crippen molar-refractivity contribution in [3.8, 4) is 0 Å². The number of hydrogen-bond acceptors (Lipinski definition) is 3. The summed E-state index contributed by atoms with van der Waals surface area (Å²) in [5.74, 6) is -1.80. The topological polar surface area (TPSA) is 75.3 Å². The van der Waals surface area contributed by atoms with Gasteiger partial charge in [0.2, 0.25) is 0 Å². The number of carbonyl (C=O) groups excluding carboxylic acids is 1. The molecule has 0 saturated heterocycles. The number of carbonyl (C=O) groups is 1. The molecule has 3 aromatic rings. The molecule has 0 radical (unpaired) electrons. The Morgan fingerprint density at radius 1 is 0.966 bits per heavy atom. The van der Waals surface area contributed by atoms with Crippen molar-refractivity contribution in [2.75, 3.05) is 4.72 Å². The van der Waals surface area contributed by atoms with Gasteiger partial charge in [-0.15, -0.1) is 0 Å². The molecule has 0 heterocycles. The van der Waals surface area contributed by atoms with E-state index in [0.29, 0.717) is 0 Å². The van der Waals surface area contributed by atoms with Gasteiger partial charge in [-0.1, -0.05) is 22.0 Å². The lowest BCUT2D eigenvalue weighted by molar-refractivity contribution is 0.0950. The van der Waals surface area contributed by atoms with Crippen molar-refractivity contribution < 1.29 is 22.0 Å². The first kappa shape index (κ1) is 20.9. The highest BCUT2D eigenvalue weighted by atomic mass is 79.9. The molecule has 3 aromatic carbocycles. The zero-order valence-corrected chi connectivity index (χ0v) is 17.2. The molecule has 0 saturated carbocycles. The third-order valence-corrected chi connectivity index (χ3v) is 5.87. The normalized spacial score (nSPS) is 11.1. The lowest BCUT2D eigenvalue weighted by Crippen LogP contribution is -2.23. The maximum Gasteiger partial charge on any atom is 0.261 e. The average molecular weight is 481 g/mol. The molecule has 9 heteroatoms. The molecule has 1 amide bonds. The summed E-state index contributed by atoms with van der Waals surface area (Å²) in [4.78, 5) is 12.4. The molecule has 2 N–H and O–H groups in total. The molecule has 0 bridgehead atoms. The summed E-state index contributed by atoms with van der Waals surface area (Å²) in [6.45, 7) is -0.211. The number of rotatable bonds is 6. The minimum Gasteiger partial charge on any atom is -0.348 e. The van der Waals surface area contributed by atoms with Gasteiger partial charge < -0.3 is 5.32 Å². The lowest BCUT2D eigenvalue weighted by Gasteiger charge is -2.10. The van der Waals surface area contributed by atoms with Gasteiger partial charge in [0, 0.05) is 27.8 Å². The van der Waals surface area contributed by atoms with Crippen molar-refractivity contribution >= 4 is 37.5 Å². The number of hydrogen-bond donors (Lipinski definition) is 2. The highest BCUT2D eigenvalue weighted by Crippen LogP contribution is 2.19. The first-order valence-corrected chi connectivity index (χ1v) is 10.6. The zero-order valence-electron chi connectivity index (χ0n) is 14.8.